The van der Waals surface area contributed by atoms with Crippen molar-refractivity contribution in [2.24, 2.45) is 11.8 Å². The average molecular weight is 758 g/mol. The molecule has 0 radical (unpaired) electrons. The molecule has 2 aliphatic carbocycles. The maximum absolute atomic E-state index is 12.7. The number of carbonyl (C=O) groups excluding carboxylic acids is 2. The Morgan fingerprint density at radius 2 is 1.11 bits per heavy atom. The summed E-state index contributed by atoms with van der Waals surface area (Å²) in [5.41, 5.74) is 0. The van der Waals surface area contributed by atoms with E-state index in [1.165, 1.54) is 6.42 Å². The van der Waals surface area contributed by atoms with Gasteiger partial charge in [-0.2, -0.15) is 0 Å². The number of hydrogen-bond donors (Lipinski definition) is 2. The minimum atomic E-state index is -0.376. The van der Waals surface area contributed by atoms with E-state index in [2.05, 4.69) is 22.5 Å². The molecule has 13 nitrogen and oxygen atoms in total. The highest BCUT2D eigenvalue weighted by molar-refractivity contribution is 5.68. The Morgan fingerprint density at radius 3 is 1.58 bits per heavy atom. The van der Waals surface area contributed by atoms with Gasteiger partial charge in [-0.05, 0) is 111 Å². The molecule has 3 aliphatic rings. The van der Waals surface area contributed by atoms with E-state index in [-0.39, 0.29) is 67.5 Å². The molecular formula is C40H75N3O10. The molecule has 310 valence electrons. The molecule has 13 heteroatoms. The molecule has 2 saturated carbocycles. The van der Waals surface area contributed by atoms with Crippen LogP contribution in [-0.2, 0) is 37.9 Å². The second-order valence-corrected chi connectivity index (χ2v) is 15.9. The molecule has 1 heterocycles. The van der Waals surface area contributed by atoms with E-state index in [1.54, 1.807) is 7.11 Å². The molecule has 0 aromatic rings. The Morgan fingerprint density at radius 1 is 0.642 bits per heavy atom. The number of hydrogen-bond acceptors (Lipinski definition) is 11. The van der Waals surface area contributed by atoms with Crippen LogP contribution in [0.25, 0.3) is 0 Å². The second-order valence-electron chi connectivity index (χ2n) is 15.9. The Hall–Kier alpha value is -1.74. The van der Waals surface area contributed by atoms with E-state index in [1.807, 2.05) is 34.6 Å². The molecule has 0 aromatic carbocycles. The lowest BCUT2D eigenvalue weighted by atomic mass is 9.76. The molecule has 1 aliphatic heterocycles. The summed E-state index contributed by atoms with van der Waals surface area (Å²) < 4.78 is 45.5. The fourth-order valence-corrected chi connectivity index (χ4v) is 6.90. The normalized spacial score (nSPS) is 25.4. The van der Waals surface area contributed by atoms with Gasteiger partial charge in [-0.1, -0.05) is 13.3 Å². The third-order valence-corrected chi connectivity index (χ3v) is 10.5. The van der Waals surface area contributed by atoms with Gasteiger partial charge in [0.1, 0.15) is 12.7 Å². The smallest absolute Gasteiger partial charge is 0.407 e. The van der Waals surface area contributed by atoms with E-state index in [0.717, 1.165) is 83.8 Å². The molecule has 3 fully saturated rings. The Kier molecular flexibility index (Phi) is 22.5. The quantitative estimate of drug-likeness (QED) is 0.0744. The summed E-state index contributed by atoms with van der Waals surface area (Å²) in [4.78, 5) is 27.5. The van der Waals surface area contributed by atoms with Crippen molar-refractivity contribution >= 4 is 12.2 Å². The molecule has 2 N–H and O–H groups in total. The van der Waals surface area contributed by atoms with Crippen molar-refractivity contribution in [3.05, 3.63) is 0 Å². The summed E-state index contributed by atoms with van der Waals surface area (Å²) in [6.45, 7) is 18.0. The topological polar surface area (TPSA) is 135 Å². The number of alkyl carbamates (subject to hydrolysis) is 2. The summed E-state index contributed by atoms with van der Waals surface area (Å²) in [7, 11) is 1.67. The summed E-state index contributed by atoms with van der Waals surface area (Å²) >= 11 is 0. The minimum Gasteiger partial charge on any atom is -0.447 e. The zero-order valence-electron chi connectivity index (χ0n) is 34.2. The zero-order chi connectivity index (χ0) is 38.4. The Labute approximate surface area is 320 Å². The van der Waals surface area contributed by atoms with Crippen LogP contribution in [0.1, 0.15) is 112 Å². The highest BCUT2D eigenvalue weighted by Gasteiger charge is 2.30. The lowest BCUT2D eigenvalue weighted by Crippen LogP contribution is -2.42. The van der Waals surface area contributed by atoms with E-state index in [9.17, 15) is 9.59 Å². The maximum Gasteiger partial charge on any atom is 0.407 e. The summed E-state index contributed by atoms with van der Waals surface area (Å²) in [6.07, 6.45) is 10.5. The van der Waals surface area contributed by atoms with Crippen molar-refractivity contribution < 1.29 is 47.5 Å². The van der Waals surface area contributed by atoms with Crippen molar-refractivity contribution in [1.82, 2.24) is 15.5 Å². The van der Waals surface area contributed by atoms with Gasteiger partial charge in [0.05, 0.1) is 63.6 Å². The number of ether oxygens (including phenoxy) is 8. The van der Waals surface area contributed by atoms with Crippen molar-refractivity contribution in [1.29, 1.82) is 0 Å². The van der Waals surface area contributed by atoms with Gasteiger partial charge in [0, 0.05) is 45.4 Å². The number of rotatable bonds is 27. The van der Waals surface area contributed by atoms with Gasteiger partial charge in [0.2, 0.25) is 0 Å². The first-order valence-corrected chi connectivity index (χ1v) is 20.7. The molecular weight excluding hydrogens is 682 g/mol. The SMILES string of the molecule is CCCCOCC(CN1CC1)OC(=O)N[C@H]1CC[C@@H](C[C@H]2CC[C@@H](NC(=O)OC[C@H](C)OC[C@@H](C)OC[C@H](C)OC[C@@H](C)OC[C@H](C)OC)CC2)CC1. The maximum atomic E-state index is 12.7. The monoisotopic (exact) mass is 758 g/mol. The van der Waals surface area contributed by atoms with Crippen LogP contribution in [0.3, 0.4) is 0 Å². The van der Waals surface area contributed by atoms with Crippen LogP contribution in [-0.4, -0.2) is 139 Å². The standard InChI is InChI=1S/C40H75N3O10/c1-8-9-20-47-28-38(22-43-18-19-43)53-40(45)42-37-16-12-35(13-17-37)21-34-10-14-36(15-11-34)41-39(44)52-27-33(6)51-26-32(5)50-25-31(4)49-24-30(3)48-23-29(2)46-7/h29-38H,8-28H2,1-7H3,(H,41,44)(H,42,45)/t29-,30+,31-,32+,33-,34-,35-,36+,37+,38?/m0/s1. The predicted molar refractivity (Wildman–Crippen MR) is 204 cm³/mol. The van der Waals surface area contributed by atoms with E-state index >= 15 is 0 Å². The Balaban J connectivity index is 1.18. The van der Waals surface area contributed by atoms with Crippen LogP contribution < -0.4 is 10.6 Å². The lowest BCUT2D eigenvalue weighted by Gasteiger charge is -2.34. The third kappa shape index (κ3) is 21.2. The van der Waals surface area contributed by atoms with E-state index in [4.69, 9.17) is 37.9 Å². The van der Waals surface area contributed by atoms with Crippen LogP contribution in [0.5, 0.6) is 0 Å². The first kappa shape index (κ1) is 45.6. The fourth-order valence-electron chi connectivity index (χ4n) is 6.90. The molecule has 0 spiro atoms. The number of amides is 2. The van der Waals surface area contributed by atoms with E-state index < -0.39 is 0 Å². The number of carbonyl (C=O) groups is 2. The van der Waals surface area contributed by atoms with Gasteiger partial charge in [0.15, 0.2) is 0 Å². The van der Waals surface area contributed by atoms with E-state index in [0.29, 0.717) is 51.5 Å². The summed E-state index contributed by atoms with van der Waals surface area (Å²) in [5, 5.41) is 6.20. The molecule has 6 atom stereocenters. The van der Waals surface area contributed by atoms with Crippen LogP contribution in [0.4, 0.5) is 9.59 Å². The number of unbranched alkanes of at least 4 members (excludes halogenated alkanes) is 1. The zero-order valence-corrected chi connectivity index (χ0v) is 34.2. The number of methoxy groups -OCH3 is 1. The molecule has 53 heavy (non-hydrogen) atoms. The molecule has 0 aromatic heterocycles. The van der Waals surface area contributed by atoms with Gasteiger partial charge in [-0.15, -0.1) is 0 Å². The van der Waals surface area contributed by atoms with Gasteiger partial charge >= 0.3 is 12.2 Å². The van der Waals surface area contributed by atoms with Crippen LogP contribution in [0.2, 0.25) is 0 Å². The molecule has 1 saturated heterocycles. The van der Waals surface area contributed by atoms with Crippen molar-refractivity contribution in [3.8, 4) is 0 Å². The van der Waals surface area contributed by atoms with Crippen LogP contribution in [0, 0.1) is 11.8 Å². The van der Waals surface area contributed by atoms with Crippen molar-refractivity contribution in [2.45, 2.75) is 161 Å². The predicted octanol–water partition coefficient (Wildman–Crippen LogP) is 6.10. The minimum absolute atomic E-state index is 0.0236. The third-order valence-electron chi connectivity index (χ3n) is 10.5. The molecule has 0 bridgehead atoms. The highest BCUT2D eigenvalue weighted by Crippen LogP contribution is 2.35. The Bertz CT molecular complexity index is 974. The van der Waals surface area contributed by atoms with Crippen molar-refractivity contribution in [3.63, 3.8) is 0 Å². The fraction of sp³-hybridized carbons (Fsp3) is 0.950. The molecule has 3 rings (SSSR count). The van der Waals surface area contributed by atoms with Gasteiger partial charge in [-0.3, -0.25) is 4.90 Å². The van der Waals surface area contributed by atoms with Crippen LogP contribution in [0.15, 0.2) is 0 Å². The first-order chi connectivity index (χ1) is 25.5. The first-order valence-electron chi connectivity index (χ1n) is 20.7. The highest BCUT2D eigenvalue weighted by atomic mass is 16.6. The van der Waals surface area contributed by atoms with Crippen LogP contribution >= 0.6 is 0 Å². The van der Waals surface area contributed by atoms with Gasteiger partial charge in [-0.25, -0.2) is 9.59 Å². The molecule has 2 amide bonds. The van der Waals surface area contributed by atoms with Gasteiger partial charge in [0.25, 0.3) is 0 Å². The molecule has 1 unspecified atom stereocenters. The number of nitrogens with one attached hydrogen (secondary N) is 2. The van der Waals surface area contributed by atoms with Crippen molar-refractivity contribution in [2.75, 3.05) is 73.0 Å². The largest absolute Gasteiger partial charge is 0.447 e. The summed E-state index contributed by atoms with van der Waals surface area (Å²) in [6, 6.07) is 0.335. The summed E-state index contributed by atoms with van der Waals surface area (Å²) in [5.74, 6) is 1.39. The van der Waals surface area contributed by atoms with Gasteiger partial charge < -0.3 is 48.5 Å². The number of nitrogens with zero attached hydrogens (tertiary/aromatic N) is 1. The average Bonchev–Trinajstić information content (AvgIpc) is 3.97. The lowest BCUT2D eigenvalue weighted by molar-refractivity contribution is -0.0955. The second kappa shape index (κ2) is 26.2.